The van der Waals surface area contributed by atoms with Crippen LogP contribution in [-0.4, -0.2) is 24.9 Å². The van der Waals surface area contributed by atoms with Gasteiger partial charge in [0.15, 0.2) is 4.34 Å². The van der Waals surface area contributed by atoms with E-state index >= 15 is 0 Å². The van der Waals surface area contributed by atoms with Gasteiger partial charge in [-0.3, -0.25) is 4.68 Å². The fraction of sp³-hybridized carbons (Fsp3) is 0.375. The van der Waals surface area contributed by atoms with Gasteiger partial charge in [-0.1, -0.05) is 11.8 Å². The van der Waals surface area contributed by atoms with Crippen molar-refractivity contribution in [1.82, 2.24) is 19.1 Å². The molecule has 15 heavy (non-hydrogen) atoms. The van der Waals surface area contributed by atoms with Gasteiger partial charge in [0.05, 0.1) is 6.54 Å². The molecule has 80 valence electrons. The number of thioether (sulfide) groups is 1. The van der Waals surface area contributed by atoms with E-state index in [1.165, 1.54) is 11.5 Å². The maximum atomic E-state index is 5.51. The number of nitrogen functional groups attached to an aromatic ring is 1. The third kappa shape index (κ3) is 2.93. The molecule has 5 nitrogen and oxygen atoms in total. The molecular formula is C8H11N5S2. The van der Waals surface area contributed by atoms with Crippen molar-refractivity contribution in [2.24, 2.45) is 0 Å². The molecule has 0 bridgehead atoms. The predicted octanol–water partition coefficient (Wildman–Crippen LogP) is 1.42. The highest BCUT2D eigenvalue weighted by molar-refractivity contribution is 8.00. The maximum Gasteiger partial charge on any atom is 0.170 e. The molecule has 0 aromatic carbocycles. The van der Waals surface area contributed by atoms with Crippen LogP contribution in [0.1, 0.15) is 5.82 Å². The van der Waals surface area contributed by atoms with Crippen molar-refractivity contribution in [2.45, 2.75) is 17.8 Å². The van der Waals surface area contributed by atoms with Crippen molar-refractivity contribution in [3.8, 4) is 0 Å². The summed E-state index contributed by atoms with van der Waals surface area (Å²) in [7, 11) is 0. The van der Waals surface area contributed by atoms with Gasteiger partial charge in [0.2, 0.25) is 0 Å². The molecule has 2 N–H and O–H groups in total. The largest absolute Gasteiger partial charge is 0.382 e. The van der Waals surface area contributed by atoms with Crippen LogP contribution in [0.15, 0.2) is 16.6 Å². The van der Waals surface area contributed by atoms with Crippen LogP contribution in [0.3, 0.4) is 0 Å². The summed E-state index contributed by atoms with van der Waals surface area (Å²) in [6.07, 6.45) is 1.88. The molecule has 2 rings (SSSR count). The smallest absolute Gasteiger partial charge is 0.170 e. The third-order valence-corrected chi connectivity index (χ3v) is 3.62. The van der Waals surface area contributed by atoms with E-state index in [4.69, 9.17) is 5.73 Å². The highest BCUT2D eigenvalue weighted by atomic mass is 32.2. The summed E-state index contributed by atoms with van der Waals surface area (Å²) in [4.78, 5) is 4.26. The fourth-order valence-corrected chi connectivity index (χ4v) is 2.71. The number of anilines is 1. The summed E-state index contributed by atoms with van der Waals surface area (Å²) in [5.74, 6) is 2.33. The average Bonchev–Trinajstić information content (AvgIpc) is 2.76. The van der Waals surface area contributed by atoms with E-state index < -0.39 is 0 Å². The Hall–Kier alpha value is -1.08. The Labute approximate surface area is 95.9 Å². The molecule has 0 saturated heterocycles. The summed E-state index contributed by atoms with van der Waals surface area (Å²) in [6.45, 7) is 2.73. The van der Waals surface area contributed by atoms with Crippen LogP contribution in [0.4, 0.5) is 5.82 Å². The second-order valence-electron chi connectivity index (χ2n) is 2.96. The Morgan fingerprint density at radius 2 is 2.47 bits per heavy atom. The van der Waals surface area contributed by atoms with Crippen LogP contribution in [0, 0.1) is 6.92 Å². The molecular weight excluding hydrogens is 230 g/mol. The molecule has 0 spiro atoms. The average molecular weight is 241 g/mol. The number of nitrogens with two attached hydrogens (primary N) is 1. The maximum absolute atomic E-state index is 5.51. The Kier molecular flexibility index (Phi) is 3.22. The molecule has 2 aromatic rings. The van der Waals surface area contributed by atoms with E-state index in [0.717, 1.165) is 22.5 Å². The summed E-state index contributed by atoms with van der Waals surface area (Å²) in [5, 5.41) is 4.10. The van der Waals surface area contributed by atoms with Crippen molar-refractivity contribution in [1.29, 1.82) is 0 Å². The molecule has 0 aliphatic heterocycles. The van der Waals surface area contributed by atoms with Crippen LogP contribution in [0.5, 0.6) is 0 Å². The Morgan fingerprint density at radius 1 is 1.60 bits per heavy atom. The van der Waals surface area contributed by atoms with Crippen molar-refractivity contribution in [3.05, 3.63) is 18.1 Å². The first-order chi connectivity index (χ1) is 7.24. The monoisotopic (exact) mass is 241 g/mol. The molecule has 0 amide bonds. The Morgan fingerprint density at radius 3 is 3.07 bits per heavy atom. The minimum atomic E-state index is 0.562. The van der Waals surface area contributed by atoms with E-state index in [9.17, 15) is 0 Å². The number of aryl methyl sites for hydroxylation is 2. The lowest BCUT2D eigenvalue weighted by Gasteiger charge is -1.98. The zero-order valence-corrected chi connectivity index (χ0v) is 9.88. The van der Waals surface area contributed by atoms with Crippen LogP contribution in [-0.2, 0) is 6.54 Å². The minimum absolute atomic E-state index is 0.562. The SMILES string of the molecule is Cc1nsc(SCCn2ccc(N)n2)n1. The Balaban J connectivity index is 1.80. The van der Waals surface area contributed by atoms with Gasteiger partial charge < -0.3 is 5.73 Å². The lowest BCUT2D eigenvalue weighted by atomic mass is 10.7. The van der Waals surface area contributed by atoms with Crippen molar-refractivity contribution >= 4 is 29.1 Å². The van der Waals surface area contributed by atoms with Crippen molar-refractivity contribution in [2.75, 3.05) is 11.5 Å². The standard InChI is InChI=1S/C8H11N5S2/c1-6-10-8(15-12-6)14-5-4-13-3-2-7(9)11-13/h2-3H,4-5H2,1H3,(H2,9,11). The van der Waals surface area contributed by atoms with Gasteiger partial charge in [0.25, 0.3) is 0 Å². The van der Waals surface area contributed by atoms with Gasteiger partial charge in [-0.25, -0.2) is 4.98 Å². The topological polar surface area (TPSA) is 69.6 Å². The molecule has 0 radical (unpaired) electrons. The normalized spacial score (nSPS) is 10.7. The van der Waals surface area contributed by atoms with E-state index in [1.54, 1.807) is 17.8 Å². The number of nitrogens with zero attached hydrogens (tertiary/aromatic N) is 4. The first-order valence-corrected chi connectivity index (χ1v) is 6.22. The predicted molar refractivity (Wildman–Crippen MR) is 62.0 cm³/mol. The fourth-order valence-electron chi connectivity index (χ4n) is 1.07. The van der Waals surface area contributed by atoms with Crippen LogP contribution < -0.4 is 5.73 Å². The summed E-state index contributed by atoms with van der Waals surface area (Å²) >= 11 is 3.13. The van der Waals surface area contributed by atoms with Crippen molar-refractivity contribution in [3.63, 3.8) is 0 Å². The lowest BCUT2D eigenvalue weighted by Crippen LogP contribution is -2.01. The summed E-state index contributed by atoms with van der Waals surface area (Å²) in [5.41, 5.74) is 5.51. The van der Waals surface area contributed by atoms with Crippen LogP contribution >= 0.6 is 23.3 Å². The van der Waals surface area contributed by atoms with Gasteiger partial charge in [-0.15, -0.1) is 0 Å². The lowest BCUT2D eigenvalue weighted by molar-refractivity contribution is 0.669. The first kappa shape index (κ1) is 10.4. The van der Waals surface area contributed by atoms with E-state index in [1.807, 2.05) is 17.8 Å². The van der Waals surface area contributed by atoms with E-state index in [0.29, 0.717) is 5.82 Å². The molecule has 2 heterocycles. The van der Waals surface area contributed by atoms with Gasteiger partial charge in [-0.05, 0) is 24.5 Å². The highest BCUT2D eigenvalue weighted by Gasteiger charge is 2.01. The van der Waals surface area contributed by atoms with Crippen LogP contribution in [0.25, 0.3) is 0 Å². The quantitative estimate of drug-likeness (QED) is 0.820. The summed E-state index contributed by atoms with van der Waals surface area (Å²) < 4.78 is 6.95. The number of aromatic nitrogens is 4. The molecule has 2 aromatic heterocycles. The van der Waals surface area contributed by atoms with Gasteiger partial charge >= 0.3 is 0 Å². The van der Waals surface area contributed by atoms with Crippen molar-refractivity contribution < 1.29 is 0 Å². The summed E-state index contributed by atoms with van der Waals surface area (Å²) in [6, 6.07) is 1.79. The second-order valence-corrected chi connectivity index (χ2v) is 5.05. The van der Waals surface area contributed by atoms with Gasteiger partial charge in [0, 0.05) is 11.9 Å². The molecule has 0 atom stereocenters. The molecule has 0 aliphatic carbocycles. The minimum Gasteiger partial charge on any atom is -0.382 e. The van der Waals surface area contributed by atoms with E-state index in [-0.39, 0.29) is 0 Å². The zero-order chi connectivity index (χ0) is 10.7. The highest BCUT2D eigenvalue weighted by Crippen LogP contribution is 2.19. The first-order valence-electron chi connectivity index (χ1n) is 4.46. The molecule has 0 saturated carbocycles. The molecule has 0 unspecified atom stereocenters. The number of rotatable bonds is 4. The third-order valence-electron chi connectivity index (χ3n) is 1.72. The molecule has 0 fully saturated rings. The molecule has 7 heteroatoms. The second kappa shape index (κ2) is 4.63. The van der Waals surface area contributed by atoms with Gasteiger partial charge in [-0.2, -0.15) is 9.47 Å². The van der Waals surface area contributed by atoms with Crippen LogP contribution in [0.2, 0.25) is 0 Å². The van der Waals surface area contributed by atoms with E-state index in [2.05, 4.69) is 14.5 Å². The zero-order valence-electron chi connectivity index (χ0n) is 8.25. The number of hydrogen-bond acceptors (Lipinski definition) is 6. The number of hydrogen-bond donors (Lipinski definition) is 1. The Bertz CT molecular complexity index is 395. The van der Waals surface area contributed by atoms with Gasteiger partial charge in [0.1, 0.15) is 11.6 Å². The molecule has 0 aliphatic rings.